The van der Waals surface area contributed by atoms with E-state index in [-0.39, 0.29) is 11.3 Å². The number of rotatable bonds is 3. The van der Waals surface area contributed by atoms with Gasteiger partial charge in [-0.1, -0.05) is 12.1 Å². The molecule has 0 radical (unpaired) electrons. The van der Waals surface area contributed by atoms with Gasteiger partial charge < -0.3 is 15.1 Å². The Labute approximate surface area is 154 Å². The summed E-state index contributed by atoms with van der Waals surface area (Å²) in [6, 6.07) is 8.58. The van der Waals surface area contributed by atoms with Crippen LogP contribution in [0.1, 0.15) is 15.9 Å². The zero-order valence-electron chi connectivity index (χ0n) is 14.7. The summed E-state index contributed by atoms with van der Waals surface area (Å²) in [6.07, 6.45) is -4.54. The van der Waals surface area contributed by atoms with Crippen LogP contribution < -0.4 is 10.2 Å². The average Bonchev–Trinajstić information content (AvgIpc) is 2.62. The molecule has 1 heterocycles. The first kappa shape index (κ1) is 19.2. The number of benzene rings is 2. The summed E-state index contributed by atoms with van der Waals surface area (Å²) in [7, 11) is 1.96. The lowest BCUT2D eigenvalue weighted by molar-refractivity contribution is -0.137. The van der Waals surface area contributed by atoms with Crippen LogP contribution in [-0.4, -0.2) is 44.0 Å². The van der Waals surface area contributed by atoms with Crippen LogP contribution in [0.15, 0.2) is 42.5 Å². The number of hydrogen-bond donors (Lipinski definition) is 1. The van der Waals surface area contributed by atoms with Crippen molar-refractivity contribution in [2.45, 2.75) is 6.18 Å². The number of nitrogens with zero attached hydrogens (tertiary/aromatic N) is 2. The fourth-order valence-corrected chi connectivity index (χ4v) is 2.97. The maximum absolute atomic E-state index is 13.9. The van der Waals surface area contributed by atoms with Crippen molar-refractivity contribution >= 4 is 17.3 Å². The first-order chi connectivity index (χ1) is 12.8. The minimum Gasteiger partial charge on any atom is -0.367 e. The number of carbonyl (C=O) groups is 1. The molecule has 0 bridgehead atoms. The van der Waals surface area contributed by atoms with E-state index in [1.807, 2.05) is 11.9 Å². The lowest BCUT2D eigenvalue weighted by Gasteiger charge is -2.35. The third-order valence-electron chi connectivity index (χ3n) is 4.53. The summed E-state index contributed by atoms with van der Waals surface area (Å²) in [5, 5.41) is 2.45. The highest BCUT2D eigenvalue weighted by atomic mass is 19.4. The molecule has 0 aliphatic carbocycles. The highest BCUT2D eigenvalue weighted by Gasteiger charge is 2.32. The van der Waals surface area contributed by atoms with E-state index in [1.165, 1.54) is 24.3 Å². The van der Waals surface area contributed by atoms with Crippen molar-refractivity contribution in [3.63, 3.8) is 0 Å². The Morgan fingerprint density at radius 2 is 1.70 bits per heavy atom. The van der Waals surface area contributed by atoms with Crippen LogP contribution >= 0.6 is 0 Å². The standard InChI is InChI=1S/C19H19F4N3O/c1-25-8-10-26(11-9-25)17-7-6-13(19(21,22)23)12-16(17)24-18(27)14-4-2-3-5-15(14)20/h2-7,12H,8-11H2,1H3,(H,24,27). The van der Waals surface area contributed by atoms with Crippen molar-refractivity contribution in [2.24, 2.45) is 0 Å². The SMILES string of the molecule is CN1CCN(c2ccc(C(F)(F)F)cc2NC(=O)c2ccccc2F)CC1. The summed E-state index contributed by atoms with van der Waals surface area (Å²) >= 11 is 0. The van der Waals surface area contributed by atoms with Gasteiger partial charge in [-0.3, -0.25) is 4.79 Å². The van der Waals surface area contributed by atoms with Crippen LogP contribution in [0.2, 0.25) is 0 Å². The zero-order valence-corrected chi connectivity index (χ0v) is 14.7. The molecule has 0 unspecified atom stereocenters. The predicted octanol–water partition coefficient (Wildman–Crippen LogP) is 3.85. The monoisotopic (exact) mass is 381 g/mol. The second-order valence-electron chi connectivity index (χ2n) is 6.45. The third kappa shape index (κ3) is 4.39. The maximum atomic E-state index is 13.9. The van der Waals surface area contributed by atoms with Gasteiger partial charge in [-0.25, -0.2) is 4.39 Å². The van der Waals surface area contributed by atoms with Crippen LogP contribution in [0.25, 0.3) is 0 Å². The van der Waals surface area contributed by atoms with Crippen LogP contribution in [-0.2, 0) is 6.18 Å². The molecule has 3 rings (SSSR count). The van der Waals surface area contributed by atoms with Crippen molar-refractivity contribution in [3.8, 4) is 0 Å². The smallest absolute Gasteiger partial charge is 0.367 e. The van der Waals surface area contributed by atoms with Gasteiger partial charge in [-0.05, 0) is 37.4 Å². The van der Waals surface area contributed by atoms with Gasteiger partial charge in [0.1, 0.15) is 5.82 Å². The van der Waals surface area contributed by atoms with Crippen LogP contribution in [0, 0.1) is 5.82 Å². The minimum atomic E-state index is -4.54. The molecule has 0 aromatic heterocycles. The molecule has 0 saturated carbocycles. The molecular weight excluding hydrogens is 362 g/mol. The Balaban J connectivity index is 1.95. The van der Waals surface area contributed by atoms with Crippen molar-refractivity contribution in [1.29, 1.82) is 0 Å². The Kier molecular flexibility index (Phi) is 5.36. The number of amides is 1. The van der Waals surface area contributed by atoms with E-state index in [1.54, 1.807) is 0 Å². The molecule has 1 fully saturated rings. The average molecular weight is 381 g/mol. The molecule has 144 valence electrons. The molecule has 0 spiro atoms. The molecule has 1 N–H and O–H groups in total. The Morgan fingerprint density at radius 3 is 2.33 bits per heavy atom. The number of hydrogen-bond acceptors (Lipinski definition) is 3. The molecule has 1 amide bonds. The number of nitrogens with one attached hydrogen (secondary N) is 1. The fourth-order valence-electron chi connectivity index (χ4n) is 2.97. The van der Waals surface area contributed by atoms with Gasteiger partial charge in [-0.15, -0.1) is 0 Å². The van der Waals surface area contributed by atoms with E-state index in [0.717, 1.165) is 31.3 Å². The lowest BCUT2D eigenvalue weighted by Crippen LogP contribution is -2.44. The Bertz CT molecular complexity index is 830. The second kappa shape index (κ2) is 7.56. The molecule has 27 heavy (non-hydrogen) atoms. The maximum Gasteiger partial charge on any atom is 0.416 e. The molecule has 4 nitrogen and oxygen atoms in total. The molecule has 1 aliphatic heterocycles. The molecule has 0 atom stereocenters. The fraction of sp³-hybridized carbons (Fsp3) is 0.316. The van der Waals surface area contributed by atoms with Crippen molar-refractivity contribution in [2.75, 3.05) is 43.4 Å². The van der Waals surface area contributed by atoms with E-state index >= 15 is 0 Å². The van der Waals surface area contributed by atoms with Gasteiger partial charge in [0.15, 0.2) is 0 Å². The van der Waals surface area contributed by atoms with E-state index in [4.69, 9.17) is 0 Å². The predicted molar refractivity (Wildman–Crippen MR) is 95.5 cm³/mol. The number of anilines is 2. The molecular formula is C19H19F4N3O. The van der Waals surface area contributed by atoms with E-state index in [9.17, 15) is 22.4 Å². The van der Waals surface area contributed by atoms with Crippen LogP contribution in [0.4, 0.5) is 28.9 Å². The molecule has 1 aliphatic rings. The molecule has 8 heteroatoms. The normalized spacial score (nSPS) is 15.7. The van der Waals surface area contributed by atoms with Crippen LogP contribution in [0.3, 0.4) is 0 Å². The van der Waals surface area contributed by atoms with E-state index in [2.05, 4.69) is 10.2 Å². The van der Waals surface area contributed by atoms with Crippen molar-refractivity contribution < 1.29 is 22.4 Å². The molecule has 2 aromatic carbocycles. The van der Waals surface area contributed by atoms with Crippen LogP contribution in [0.5, 0.6) is 0 Å². The summed E-state index contributed by atoms with van der Waals surface area (Å²) in [4.78, 5) is 16.4. The largest absolute Gasteiger partial charge is 0.416 e. The van der Waals surface area contributed by atoms with Gasteiger partial charge in [0, 0.05) is 26.2 Å². The summed E-state index contributed by atoms with van der Waals surface area (Å²) in [5.41, 5.74) is -0.591. The van der Waals surface area contributed by atoms with Gasteiger partial charge in [0.2, 0.25) is 0 Å². The zero-order chi connectivity index (χ0) is 19.6. The molecule has 1 saturated heterocycles. The summed E-state index contributed by atoms with van der Waals surface area (Å²) < 4.78 is 53.2. The Morgan fingerprint density at radius 1 is 1.04 bits per heavy atom. The third-order valence-corrected chi connectivity index (χ3v) is 4.53. The highest BCUT2D eigenvalue weighted by molar-refractivity contribution is 6.06. The van der Waals surface area contributed by atoms with Gasteiger partial charge in [-0.2, -0.15) is 13.2 Å². The minimum absolute atomic E-state index is 0.0163. The Hall–Kier alpha value is -2.61. The van der Waals surface area contributed by atoms with E-state index in [0.29, 0.717) is 18.8 Å². The topological polar surface area (TPSA) is 35.6 Å². The van der Waals surface area contributed by atoms with Gasteiger partial charge in [0.05, 0.1) is 22.5 Å². The lowest BCUT2D eigenvalue weighted by atomic mass is 10.1. The summed E-state index contributed by atoms with van der Waals surface area (Å²) in [6.45, 7) is 2.73. The molecule has 2 aromatic rings. The second-order valence-corrected chi connectivity index (χ2v) is 6.45. The first-order valence-electron chi connectivity index (χ1n) is 8.46. The quantitative estimate of drug-likeness (QED) is 0.821. The van der Waals surface area contributed by atoms with Gasteiger partial charge in [0.25, 0.3) is 5.91 Å². The number of alkyl halides is 3. The number of halogens is 4. The number of piperazine rings is 1. The number of likely N-dealkylation sites (N-methyl/N-ethyl adjacent to an activating group) is 1. The number of carbonyl (C=O) groups excluding carboxylic acids is 1. The van der Waals surface area contributed by atoms with E-state index < -0.39 is 23.5 Å². The highest BCUT2D eigenvalue weighted by Crippen LogP contribution is 2.36. The van der Waals surface area contributed by atoms with Crippen molar-refractivity contribution in [3.05, 3.63) is 59.4 Å². The van der Waals surface area contributed by atoms with Gasteiger partial charge >= 0.3 is 6.18 Å². The first-order valence-corrected chi connectivity index (χ1v) is 8.46. The van der Waals surface area contributed by atoms with Crippen molar-refractivity contribution in [1.82, 2.24) is 4.90 Å². The summed E-state index contributed by atoms with van der Waals surface area (Å²) in [5.74, 6) is -1.52.